The summed E-state index contributed by atoms with van der Waals surface area (Å²) < 4.78 is 2.35. The normalized spacial score (nSPS) is 14.4. The monoisotopic (exact) mass is 520 g/mol. The van der Waals surface area contributed by atoms with Crippen molar-refractivity contribution in [1.82, 2.24) is 29.4 Å². The number of hydrogen-bond donors (Lipinski definition) is 1. The van der Waals surface area contributed by atoms with Gasteiger partial charge < -0.3 is 14.5 Å². The van der Waals surface area contributed by atoms with Crippen molar-refractivity contribution in [2.45, 2.75) is 58.4 Å². The number of rotatable bonds is 9. The van der Waals surface area contributed by atoms with Crippen LogP contribution in [-0.4, -0.2) is 49.0 Å². The Hall–Kier alpha value is -3.84. The number of unbranched alkanes of at least 4 members (excludes halogenated alkanes) is 1. The van der Waals surface area contributed by atoms with Crippen LogP contribution in [0.5, 0.6) is 0 Å². The summed E-state index contributed by atoms with van der Waals surface area (Å²) in [5.41, 5.74) is 7.37. The molecule has 0 radical (unpaired) electrons. The summed E-state index contributed by atoms with van der Waals surface area (Å²) in [4.78, 5) is 32.4. The SMILES string of the molecule is CCCCc1nc2cc3c(cc2[nH]c1=O)nc(-c1cccc(-c2ccncc2)c1)n3CCCN1CCCCC1. The van der Waals surface area contributed by atoms with E-state index in [0.29, 0.717) is 12.1 Å². The molecule has 0 aliphatic carbocycles. The summed E-state index contributed by atoms with van der Waals surface area (Å²) in [7, 11) is 0. The molecule has 7 heteroatoms. The van der Waals surface area contributed by atoms with Crippen LogP contribution in [0.4, 0.5) is 0 Å². The zero-order chi connectivity index (χ0) is 26.6. The Morgan fingerprint density at radius 3 is 2.49 bits per heavy atom. The van der Waals surface area contributed by atoms with E-state index in [1.165, 1.54) is 32.4 Å². The first-order chi connectivity index (χ1) is 19.2. The number of fused-ring (bicyclic) bond motifs is 2. The van der Waals surface area contributed by atoms with Crippen LogP contribution in [0, 0.1) is 0 Å². The molecule has 1 aliphatic heterocycles. The van der Waals surface area contributed by atoms with Gasteiger partial charge in [0.2, 0.25) is 0 Å². The smallest absolute Gasteiger partial charge is 0.270 e. The van der Waals surface area contributed by atoms with Gasteiger partial charge in [-0.25, -0.2) is 9.97 Å². The van der Waals surface area contributed by atoms with Gasteiger partial charge in [-0.05, 0) is 93.2 Å². The second-order valence-corrected chi connectivity index (χ2v) is 10.6. The van der Waals surface area contributed by atoms with E-state index in [2.05, 4.69) is 56.7 Å². The first kappa shape index (κ1) is 25.4. The molecule has 3 aromatic heterocycles. The molecule has 0 bridgehead atoms. The van der Waals surface area contributed by atoms with Crippen molar-refractivity contribution in [3.05, 3.63) is 77.0 Å². The fourth-order valence-electron chi connectivity index (χ4n) is 5.72. The van der Waals surface area contributed by atoms with Crippen LogP contribution in [0.25, 0.3) is 44.6 Å². The molecule has 7 nitrogen and oxygen atoms in total. The quantitative estimate of drug-likeness (QED) is 0.250. The molecule has 1 saturated heterocycles. The van der Waals surface area contributed by atoms with Gasteiger partial charge in [0.1, 0.15) is 11.5 Å². The number of imidazole rings is 1. The second-order valence-electron chi connectivity index (χ2n) is 10.6. The largest absolute Gasteiger partial charge is 0.324 e. The van der Waals surface area contributed by atoms with Gasteiger partial charge in [-0.3, -0.25) is 9.78 Å². The predicted octanol–water partition coefficient (Wildman–Crippen LogP) is 6.22. The van der Waals surface area contributed by atoms with Crippen molar-refractivity contribution in [1.29, 1.82) is 0 Å². The highest BCUT2D eigenvalue weighted by Crippen LogP contribution is 2.30. The Morgan fingerprint density at radius 1 is 0.846 bits per heavy atom. The number of benzene rings is 2. The first-order valence-corrected chi connectivity index (χ1v) is 14.4. The molecular weight excluding hydrogens is 484 g/mol. The molecule has 0 spiro atoms. The minimum atomic E-state index is -0.0958. The zero-order valence-electron chi connectivity index (χ0n) is 22.7. The molecule has 6 rings (SSSR count). The lowest BCUT2D eigenvalue weighted by Crippen LogP contribution is -2.31. The Bertz CT molecular complexity index is 1630. The zero-order valence-corrected chi connectivity index (χ0v) is 22.7. The molecule has 0 amide bonds. The summed E-state index contributed by atoms with van der Waals surface area (Å²) in [6, 6.07) is 16.7. The van der Waals surface area contributed by atoms with E-state index in [4.69, 9.17) is 9.97 Å². The summed E-state index contributed by atoms with van der Waals surface area (Å²) >= 11 is 0. The van der Waals surface area contributed by atoms with Crippen molar-refractivity contribution in [2.75, 3.05) is 19.6 Å². The molecule has 4 heterocycles. The Balaban J connectivity index is 1.43. The van der Waals surface area contributed by atoms with Crippen molar-refractivity contribution >= 4 is 22.1 Å². The Kier molecular flexibility index (Phi) is 7.50. The molecule has 5 aromatic rings. The molecule has 1 fully saturated rings. The lowest BCUT2D eigenvalue weighted by atomic mass is 10.0. The van der Waals surface area contributed by atoms with Gasteiger partial charge in [0, 0.05) is 24.5 Å². The number of piperidine rings is 1. The Morgan fingerprint density at radius 2 is 1.67 bits per heavy atom. The number of aromatic amines is 1. The lowest BCUT2D eigenvalue weighted by molar-refractivity contribution is 0.223. The molecule has 0 atom stereocenters. The minimum absolute atomic E-state index is 0.0958. The molecule has 39 heavy (non-hydrogen) atoms. The molecule has 1 N–H and O–H groups in total. The Labute approximate surface area is 229 Å². The van der Waals surface area contributed by atoms with Crippen molar-refractivity contribution < 1.29 is 0 Å². The van der Waals surface area contributed by atoms with E-state index in [-0.39, 0.29) is 5.56 Å². The minimum Gasteiger partial charge on any atom is -0.324 e. The number of pyridine rings is 1. The maximum atomic E-state index is 12.7. The van der Waals surface area contributed by atoms with Crippen LogP contribution in [-0.2, 0) is 13.0 Å². The number of H-pyrrole nitrogens is 1. The standard InChI is InChI=1S/C32H36N6O/c1-2-3-11-26-32(39)36-27-21-29-30(22-28(27)34-26)38(19-8-18-37-16-5-4-6-17-37)31(35-29)25-10-7-9-24(20-25)23-12-14-33-15-13-23/h7,9-10,12-15,20-22H,2-6,8,11,16-19H2,1H3,(H,36,39). The third kappa shape index (κ3) is 5.50. The summed E-state index contributed by atoms with van der Waals surface area (Å²) in [5, 5.41) is 0. The fraction of sp³-hybridized carbons (Fsp3) is 0.375. The van der Waals surface area contributed by atoms with Crippen LogP contribution >= 0.6 is 0 Å². The highest BCUT2D eigenvalue weighted by molar-refractivity contribution is 5.93. The second kappa shape index (κ2) is 11.5. The van der Waals surface area contributed by atoms with Gasteiger partial charge in [0.15, 0.2) is 0 Å². The van der Waals surface area contributed by atoms with E-state index in [9.17, 15) is 4.79 Å². The van der Waals surface area contributed by atoms with E-state index in [1.807, 2.05) is 30.6 Å². The predicted molar refractivity (Wildman–Crippen MR) is 158 cm³/mol. The molecule has 0 saturated carbocycles. The van der Waals surface area contributed by atoms with Crippen LogP contribution in [0.3, 0.4) is 0 Å². The van der Waals surface area contributed by atoms with Crippen LogP contribution in [0.1, 0.15) is 51.1 Å². The summed E-state index contributed by atoms with van der Waals surface area (Å²) in [6.45, 7) is 6.50. The van der Waals surface area contributed by atoms with Crippen LogP contribution < -0.4 is 5.56 Å². The van der Waals surface area contributed by atoms with Gasteiger partial charge in [0.25, 0.3) is 5.56 Å². The van der Waals surface area contributed by atoms with E-state index in [0.717, 1.165) is 76.9 Å². The average Bonchev–Trinajstić information content (AvgIpc) is 3.33. The molecule has 0 unspecified atom stereocenters. The van der Waals surface area contributed by atoms with Gasteiger partial charge >= 0.3 is 0 Å². The van der Waals surface area contributed by atoms with E-state index >= 15 is 0 Å². The number of likely N-dealkylation sites (tertiary alicyclic amines) is 1. The van der Waals surface area contributed by atoms with Crippen LogP contribution in [0.2, 0.25) is 0 Å². The van der Waals surface area contributed by atoms with E-state index < -0.39 is 0 Å². The third-order valence-corrected chi connectivity index (χ3v) is 7.84. The van der Waals surface area contributed by atoms with Crippen molar-refractivity contribution in [3.63, 3.8) is 0 Å². The molecular formula is C32H36N6O. The van der Waals surface area contributed by atoms with Gasteiger partial charge in [-0.2, -0.15) is 0 Å². The maximum Gasteiger partial charge on any atom is 0.270 e. The van der Waals surface area contributed by atoms with Crippen molar-refractivity contribution in [3.8, 4) is 22.5 Å². The van der Waals surface area contributed by atoms with E-state index in [1.54, 1.807) is 0 Å². The summed E-state index contributed by atoms with van der Waals surface area (Å²) in [6.07, 6.45) is 11.3. The molecule has 200 valence electrons. The average molecular weight is 521 g/mol. The number of aromatic nitrogens is 5. The highest BCUT2D eigenvalue weighted by Gasteiger charge is 2.17. The number of nitrogens with zero attached hydrogens (tertiary/aromatic N) is 5. The first-order valence-electron chi connectivity index (χ1n) is 14.4. The number of aryl methyl sites for hydroxylation is 2. The van der Waals surface area contributed by atoms with Crippen LogP contribution in [0.15, 0.2) is 65.7 Å². The van der Waals surface area contributed by atoms with Gasteiger partial charge in [-0.15, -0.1) is 0 Å². The molecule has 2 aromatic carbocycles. The number of hydrogen-bond acceptors (Lipinski definition) is 5. The topological polar surface area (TPSA) is 79.7 Å². The highest BCUT2D eigenvalue weighted by atomic mass is 16.1. The summed E-state index contributed by atoms with van der Waals surface area (Å²) in [5.74, 6) is 0.948. The van der Waals surface area contributed by atoms with Crippen molar-refractivity contribution in [2.24, 2.45) is 0 Å². The fourth-order valence-corrected chi connectivity index (χ4v) is 5.72. The lowest BCUT2D eigenvalue weighted by Gasteiger charge is -2.26. The third-order valence-electron chi connectivity index (χ3n) is 7.84. The maximum absolute atomic E-state index is 12.7. The number of nitrogens with one attached hydrogen (secondary N) is 1. The van der Waals surface area contributed by atoms with Gasteiger partial charge in [-0.1, -0.05) is 38.0 Å². The molecule has 1 aliphatic rings. The van der Waals surface area contributed by atoms with Gasteiger partial charge in [0.05, 0.1) is 22.1 Å².